The van der Waals surface area contributed by atoms with Crippen molar-refractivity contribution < 1.29 is 4.79 Å². The van der Waals surface area contributed by atoms with Crippen molar-refractivity contribution in [3.63, 3.8) is 0 Å². The van der Waals surface area contributed by atoms with Crippen molar-refractivity contribution in [1.29, 1.82) is 0 Å². The summed E-state index contributed by atoms with van der Waals surface area (Å²) in [6, 6.07) is 6.38. The lowest BCUT2D eigenvalue weighted by Crippen LogP contribution is -2.14. The Balaban J connectivity index is 2.47. The van der Waals surface area contributed by atoms with Gasteiger partial charge in [-0.2, -0.15) is 5.10 Å². The molecule has 2 aromatic rings. The van der Waals surface area contributed by atoms with Crippen molar-refractivity contribution in [3.8, 4) is 0 Å². The van der Waals surface area contributed by atoms with Crippen LogP contribution >= 0.6 is 0 Å². The summed E-state index contributed by atoms with van der Waals surface area (Å²) in [6.07, 6.45) is 5.55. The Morgan fingerprint density at radius 1 is 1.33 bits per heavy atom. The number of hydrogen-bond acceptors (Lipinski definition) is 2. The first-order valence-electron chi connectivity index (χ1n) is 7.90. The van der Waals surface area contributed by atoms with E-state index < -0.39 is 5.91 Å². The number of carbonyl (C=O) groups is 1. The maximum Gasteiger partial charge on any atom is 0.269 e. The lowest BCUT2D eigenvalue weighted by atomic mass is 10.0. The number of hydrogen-bond donors (Lipinski definition) is 1. The van der Waals surface area contributed by atoms with Crippen LogP contribution in [0, 0.1) is 0 Å². The number of aromatic nitrogens is 2. The molecule has 0 spiro atoms. The molecule has 21 heavy (non-hydrogen) atoms. The predicted molar refractivity (Wildman–Crippen MR) is 86.5 cm³/mol. The molecular formula is C17H25N3O. The van der Waals surface area contributed by atoms with E-state index in [1.807, 2.05) is 22.9 Å². The normalized spacial score (nSPS) is 12.7. The van der Waals surface area contributed by atoms with Gasteiger partial charge < -0.3 is 5.73 Å². The van der Waals surface area contributed by atoms with E-state index in [4.69, 9.17) is 5.73 Å². The van der Waals surface area contributed by atoms with Gasteiger partial charge in [0.25, 0.3) is 5.91 Å². The summed E-state index contributed by atoms with van der Waals surface area (Å²) in [5.74, 6) is -0.444. The molecule has 0 aliphatic heterocycles. The molecule has 0 aliphatic rings. The molecule has 2 rings (SSSR count). The van der Waals surface area contributed by atoms with Crippen LogP contribution in [0.4, 0.5) is 0 Å². The summed E-state index contributed by atoms with van der Waals surface area (Å²) in [4.78, 5) is 11.7. The molecule has 1 aromatic carbocycles. The second kappa shape index (κ2) is 6.74. The van der Waals surface area contributed by atoms with Crippen LogP contribution in [-0.2, 0) is 6.42 Å². The Labute approximate surface area is 126 Å². The van der Waals surface area contributed by atoms with Gasteiger partial charge in [0.2, 0.25) is 0 Å². The number of carbonyl (C=O) groups excluding carboxylic acids is 1. The Bertz CT molecular complexity index is 630. The van der Waals surface area contributed by atoms with Gasteiger partial charge in [-0.3, -0.25) is 9.48 Å². The molecule has 0 radical (unpaired) electrons. The van der Waals surface area contributed by atoms with Crippen LogP contribution in [0.2, 0.25) is 0 Å². The molecule has 1 atom stereocenters. The van der Waals surface area contributed by atoms with Crippen molar-refractivity contribution in [2.24, 2.45) is 5.73 Å². The first kappa shape index (κ1) is 15.5. The molecule has 0 bridgehead atoms. The average molecular weight is 287 g/mol. The highest BCUT2D eigenvalue weighted by molar-refractivity contribution is 6.05. The van der Waals surface area contributed by atoms with Crippen molar-refractivity contribution in [3.05, 3.63) is 29.5 Å². The monoisotopic (exact) mass is 287 g/mol. The number of rotatable bonds is 7. The Hall–Kier alpha value is -1.84. The number of nitrogens with two attached hydrogens (primary N) is 1. The zero-order chi connectivity index (χ0) is 15.4. The van der Waals surface area contributed by atoms with Crippen molar-refractivity contribution >= 4 is 16.8 Å². The van der Waals surface area contributed by atoms with Crippen LogP contribution < -0.4 is 5.73 Å². The molecule has 0 fully saturated rings. The molecule has 1 unspecified atom stereocenters. The van der Waals surface area contributed by atoms with Gasteiger partial charge in [-0.1, -0.05) is 45.2 Å². The van der Waals surface area contributed by atoms with E-state index in [2.05, 4.69) is 25.9 Å². The highest BCUT2D eigenvalue weighted by atomic mass is 16.1. The highest BCUT2D eigenvalue weighted by Crippen LogP contribution is 2.27. The summed E-state index contributed by atoms with van der Waals surface area (Å²) in [5.41, 5.74) is 8.08. The second-order valence-electron chi connectivity index (χ2n) is 5.67. The zero-order valence-electron chi connectivity index (χ0n) is 13.2. The minimum atomic E-state index is -0.444. The fourth-order valence-corrected chi connectivity index (χ4v) is 2.88. The lowest BCUT2D eigenvalue weighted by molar-refractivity contribution is 0.0996. The van der Waals surface area contributed by atoms with Crippen LogP contribution in [0.3, 0.4) is 0 Å². The minimum absolute atomic E-state index is 0.277. The fourth-order valence-electron chi connectivity index (χ4n) is 2.88. The summed E-state index contributed by atoms with van der Waals surface area (Å²) < 4.78 is 1.98. The second-order valence-corrected chi connectivity index (χ2v) is 5.67. The van der Waals surface area contributed by atoms with E-state index in [-0.39, 0.29) is 6.04 Å². The number of primary amides is 1. The van der Waals surface area contributed by atoms with Gasteiger partial charge in [-0.25, -0.2) is 0 Å². The smallest absolute Gasteiger partial charge is 0.269 e. The van der Waals surface area contributed by atoms with E-state index in [0.717, 1.165) is 29.3 Å². The number of unbranched alkanes of at least 4 members (excludes halogenated alkanes) is 2. The average Bonchev–Trinajstić information content (AvgIpc) is 2.87. The maximum absolute atomic E-state index is 11.7. The highest BCUT2D eigenvalue weighted by Gasteiger charge is 2.19. The number of amides is 1. The van der Waals surface area contributed by atoms with Gasteiger partial charge >= 0.3 is 0 Å². The topological polar surface area (TPSA) is 60.9 Å². The third-order valence-electron chi connectivity index (χ3n) is 4.08. The van der Waals surface area contributed by atoms with Gasteiger partial charge in [0.05, 0.1) is 5.52 Å². The molecule has 0 saturated carbocycles. The van der Waals surface area contributed by atoms with E-state index in [1.165, 1.54) is 19.3 Å². The summed E-state index contributed by atoms with van der Waals surface area (Å²) >= 11 is 0. The summed E-state index contributed by atoms with van der Waals surface area (Å²) in [5, 5.41) is 5.44. The Kier molecular flexibility index (Phi) is 4.99. The number of aryl methyl sites for hydroxylation is 1. The first-order chi connectivity index (χ1) is 10.1. The van der Waals surface area contributed by atoms with E-state index in [1.54, 1.807) is 0 Å². The zero-order valence-corrected chi connectivity index (χ0v) is 13.2. The molecular weight excluding hydrogens is 262 g/mol. The Morgan fingerprint density at radius 3 is 2.71 bits per heavy atom. The van der Waals surface area contributed by atoms with Crippen LogP contribution in [0.5, 0.6) is 0 Å². The SMILES string of the molecule is CCCCCC(C)n1nc(C(N)=O)c2c(CC)cccc21. The fraction of sp³-hybridized carbons (Fsp3) is 0.529. The van der Waals surface area contributed by atoms with Gasteiger partial charge in [-0.15, -0.1) is 0 Å². The van der Waals surface area contributed by atoms with Crippen molar-refractivity contribution in [2.75, 3.05) is 0 Å². The Morgan fingerprint density at radius 2 is 2.10 bits per heavy atom. The first-order valence-corrected chi connectivity index (χ1v) is 7.90. The summed E-state index contributed by atoms with van der Waals surface area (Å²) in [6.45, 7) is 6.44. The van der Waals surface area contributed by atoms with Crippen LogP contribution in [0.25, 0.3) is 10.9 Å². The predicted octanol–water partition coefficient (Wildman–Crippen LogP) is 3.84. The third kappa shape index (κ3) is 3.09. The number of benzene rings is 1. The van der Waals surface area contributed by atoms with E-state index in [0.29, 0.717) is 5.69 Å². The standard InChI is InChI=1S/C17H25N3O/c1-4-6-7-9-12(3)20-14-11-8-10-13(5-2)15(14)16(19-20)17(18)21/h8,10-12H,4-7,9H2,1-3H3,(H2,18,21). The van der Waals surface area contributed by atoms with Crippen molar-refractivity contribution in [1.82, 2.24) is 9.78 Å². The number of nitrogens with zero attached hydrogens (tertiary/aromatic N) is 2. The molecule has 1 aromatic heterocycles. The third-order valence-corrected chi connectivity index (χ3v) is 4.08. The van der Waals surface area contributed by atoms with Gasteiger partial charge in [0.15, 0.2) is 5.69 Å². The van der Waals surface area contributed by atoms with Crippen LogP contribution in [-0.4, -0.2) is 15.7 Å². The minimum Gasteiger partial charge on any atom is -0.364 e. The van der Waals surface area contributed by atoms with Gasteiger partial charge in [-0.05, 0) is 31.4 Å². The van der Waals surface area contributed by atoms with E-state index >= 15 is 0 Å². The van der Waals surface area contributed by atoms with Crippen LogP contribution in [0.1, 0.15) is 68.5 Å². The molecule has 4 nitrogen and oxygen atoms in total. The molecule has 1 heterocycles. The van der Waals surface area contributed by atoms with Crippen LogP contribution in [0.15, 0.2) is 18.2 Å². The molecule has 0 aliphatic carbocycles. The molecule has 0 saturated heterocycles. The molecule has 1 amide bonds. The molecule has 114 valence electrons. The van der Waals surface area contributed by atoms with Gasteiger partial charge in [0.1, 0.15) is 0 Å². The lowest BCUT2D eigenvalue weighted by Gasteiger charge is -2.13. The largest absolute Gasteiger partial charge is 0.364 e. The molecule has 2 N–H and O–H groups in total. The maximum atomic E-state index is 11.7. The number of fused-ring (bicyclic) bond motifs is 1. The van der Waals surface area contributed by atoms with Gasteiger partial charge in [0, 0.05) is 11.4 Å². The molecule has 4 heteroatoms. The summed E-state index contributed by atoms with van der Waals surface area (Å²) in [7, 11) is 0. The quantitative estimate of drug-likeness (QED) is 0.786. The van der Waals surface area contributed by atoms with E-state index in [9.17, 15) is 4.79 Å². The van der Waals surface area contributed by atoms with Crippen molar-refractivity contribution in [2.45, 2.75) is 58.9 Å².